The molecule has 26 heavy (non-hydrogen) atoms. The number of aliphatic hydroxyl groups excluding tert-OH is 1. The molecule has 0 saturated carbocycles. The molecule has 0 aliphatic carbocycles. The number of hydrogen-bond donors (Lipinski definition) is 1. The van der Waals surface area contributed by atoms with Gasteiger partial charge in [0.05, 0.1) is 11.6 Å². The van der Waals surface area contributed by atoms with Crippen molar-refractivity contribution in [3.8, 4) is 0 Å². The third-order valence-electron chi connectivity index (χ3n) is 4.38. The first-order chi connectivity index (χ1) is 12.4. The lowest BCUT2D eigenvalue weighted by Crippen LogP contribution is -2.31. The van der Waals surface area contributed by atoms with Gasteiger partial charge in [0.2, 0.25) is 0 Å². The van der Waals surface area contributed by atoms with E-state index in [1.807, 2.05) is 45.0 Å². The van der Waals surface area contributed by atoms with Crippen molar-refractivity contribution in [2.75, 3.05) is 4.90 Å². The van der Waals surface area contributed by atoms with E-state index in [1.165, 1.54) is 4.90 Å². The summed E-state index contributed by atoms with van der Waals surface area (Å²) < 4.78 is 0. The Labute approximate surface area is 153 Å². The van der Waals surface area contributed by atoms with Crippen LogP contribution in [0.15, 0.2) is 60.1 Å². The van der Waals surface area contributed by atoms with E-state index >= 15 is 0 Å². The molecule has 0 fully saturated rings. The molecule has 5 nitrogen and oxygen atoms in total. The minimum Gasteiger partial charge on any atom is -0.503 e. The number of rotatable bonds is 5. The number of aryl methyl sites for hydroxylation is 1. The van der Waals surface area contributed by atoms with Gasteiger partial charge >= 0.3 is 0 Å². The molecule has 0 spiro atoms. The van der Waals surface area contributed by atoms with Crippen molar-refractivity contribution < 1.29 is 14.7 Å². The number of aliphatic hydroxyl groups is 1. The maximum absolute atomic E-state index is 12.8. The van der Waals surface area contributed by atoms with Crippen LogP contribution in [0, 0.1) is 12.8 Å². The number of ketones is 1. The highest BCUT2D eigenvalue weighted by Crippen LogP contribution is 2.41. The van der Waals surface area contributed by atoms with Gasteiger partial charge in [-0.25, -0.2) is 0 Å². The van der Waals surface area contributed by atoms with E-state index in [4.69, 9.17) is 0 Å². The minimum atomic E-state index is -0.677. The Bertz CT molecular complexity index is 872. The van der Waals surface area contributed by atoms with Gasteiger partial charge in [-0.3, -0.25) is 19.5 Å². The van der Waals surface area contributed by atoms with Gasteiger partial charge in [0, 0.05) is 24.5 Å². The molecule has 0 saturated heterocycles. The molecule has 1 aliphatic heterocycles. The van der Waals surface area contributed by atoms with Crippen molar-refractivity contribution in [3.63, 3.8) is 0 Å². The summed E-state index contributed by atoms with van der Waals surface area (Å²) in [5.74, 6) is -1.11. The molecule has 0 radical (unpaired) electrons. The molecule has 1 aromatic heterocycles. The van der Waals surface area contributed by atoms with Crippen LogP contribution in [0.3, 0.4) is 0 Å². The number of carbonyl (C=O) groups excluding carboxylic acids is 2. The van der Waals surface area contributed by atoms with E-state index in [1.54, 1.807) is 24.5 Å². The van der Waals surface area contributed by atoms with Crippen molar-refractivity contribution in [1.29, 1.82) is 0 Å². The molecule has 3 rings (SSSR count). The van der Waals surface area contributed by atoms with E-state index in [9.17, 15) is 14.7 Å². The number of carbonyl (C=O) groups is 2. The fourth-order valence-corrected chi connectivity index (χ4v) is 3.27. The number of benzene rings is 1. The highest BCUT2D eigenvalue weighted by atomic mass is 16.3. The first-order valence-corrected chi connectivity index (χ1v) is 8.66. The smallest absolute Gasteiger partial charge is 0.294 e. The largest absolute Gasteiger partial charge is 0.503 e. The van der Waals surface area contributed by atoms with Gasteiger partial charge in [-0.05, 0) is 42.2 Å². The zero-order valence-corrected chi connectivity index (χ0v) is 15.1. The summed E-state index contributed by atoms with van der Waals surface area (Å²) in [6.07, 6.45) is 3.53. The monoisotopic (exact) mass is 350 g/mol. The van der Waals surface area contributed by atoms with Crippen LogP contribution >= 0.6 is 0 Å². The summed E-state index contributed by atoms with van der Waals surface area (Å²) in [5.41, 5.74) is 2.47. The number of aromatic nitrogens is 1. The Morgan fingerprint density at radius 3 is 2.65 bits per heavy atom. The predicted octanol–water partition coefficient (Wildman–Crippen LogP) is 3.91. The van der Waals surface area contributed by atoms with E-state index in [0.29, 0.717) is 11.3 Å². The number of hydrogen-bond acceptors (Lipinski definition) is 4. The lowest BCUT2D eigenvalue weighted by Gasteiger charge is -2.27. The fourth-order valence-electron chi connectivity index (χ4n) is 3.27. The summed E-state index contributed by atoms with van der Waals surface area (Å²) in [6, 6.07) is 10.3. The molecular formula is C21H22N2O3. The van der Waals surface area contributed by atoms with Gasteiger partial charge in [-0.15, -0.1) is 0 Å². The zero-order valence-electron chi connectivity index (χ0n) is 15.1. The van der Waals surface area contributed by atoms with Gasteiger partial charge in [-0.1, -0.05) is 32.0 Å². The molecule has 1 atom stereocenters. The Morgan fingerprint density at radius 1 is 1.27 bits per heavy atom. The molecule has 1 N–H and O–H groups in total. The summed E-state index contributed by atoms with van der Waals surface area (Å²) in [4.78, 5) is 31.3. The summed E-state index contributed by atoms with van der Waals surface area (Å²) in [7, 11) is 0. The lowest BCUT2D eigenvalue weighted by molar-refractivity contribution is -0.118. The third-order valence-corrected chi connectivity index (χ3v) is 4.38. The Balaban J connectivity index is 2.14. The van der Waals surface area contributed by atoms with Crippen LogP contribution < -0.4 is 4.90 Å². The van der Waals surface area contributed by atoms with Gasteiger partial charge in [0.25, 0.3) is 5.91 Å². The number of amides is 1. The average molecular weight is 350 g/mol. The minimum absolute atomic E-state index is 0.125. The standard InChI is InChI=1S/C21H22N2O3/c1-13(2)10-17(24)18-19(15-7-5-9-22-12-15)23(21(26)20(18)25)16-8-4-6-14(3)11-16/h4-9,11-13,19,25H,10H2,1-3H3. The Hall–Kier alpha value is -2.95. The molecule has 134 valence electrons. The van der Waals surface area contributed by atoms with E-state index in [-0.39, 0.29) is 23.7 Å². The predicted molar refractivity (Wildman–Crippen MR) is 99.8 cm³/mol. The van der Waals surface area contributed by atoms with Crippen LogP contribution in [0.25, 0.3) is 0 Å². The van der Waals surface area contributed by atoms with E-state index < -0.39 is 17.7 Å². The normalized spacial score (nSPS) is 17.3. The number of nitrogens with zero attached hydrogens (tertiary/aromatic N) is 2. The number of anilines is 1. The van der Waals surface area contributed by atoms with Crippen LogP contribution in [0.1, 0.15) is 37.4 Å². The van der Waals surface area contributed by atoms with Gasteiger partial charge < -0.3 is 5.11 Å². The molecule has 1 unspecified atom stereocenters. The molecule has 2 heterocycles. The summed E-state index contributed by atoms with van der Waals surface area (Å²) in [5, 5.41) is 10.5. The van der Waals surface area contributed by atoms with Crippen LogP contribution in [-0.2, 0) is 9.59 Å². The van der Waals surface area contributed by atoms with Crippen LogP contribution in [0.4, 0.5) is 5.69 Å². The van der Waals surface area contributed by atoms with Crippen molar-refractivity contribution >= 4 is 17.4 Å². The molecular weight excluding hydrogens is 328 g/mol. The maximum Gasteiger partial charge on any atom is 0.294 e. The van der Waals surface area contributed by atoms with Crippen molar-refractivity contribution in [1.82, 2.24) is 4.98 Å². The van der Waals surface area contributed by atoms with Crippen molar-refractivity contribution in [2.24, 2.45) is 5.92 Å². The molecule has 1 aromatic carbocycles. The molecule has 2 aromatic rings. The van der Waals surface area contributed by atoms with Gasteiger partial charge in [-0.2, -0.15) is 0 Å². The topological polar surface area (TPSA) is 70.5 Å². The van der Waals surface area contributed by atoms with Crippen molar-refractivity contribution in [2.45, 2.75) is 33.2 Å². The first-order valence-electron chi connectivity index (χ1n) is 8.66. The zero-order chi connectivity index (χ0) is 18.8. The number of Topliss-reactive ketones (excluding diaryl/α,β-unsaturated/α-hetero) is 1. The highest BCUT2D eigenvalue weighted by Gasteiger charge is 2.44. The highest BCUT2D eigenvalue weighted by molar-refractivity contribution is 6.16. The second-order valence-corrected chi connectivity index (χ2v) is 6.99. The van der Waals surface area contributed by atoms with E-state index in [2.05, 4.69) is 4.98 Å². The molecule has 1 aliphatic rings. The lowest BCUT2D eigenvalue weighted by atomic mass is 9.92. The molecule has 0 bridgehead atoms. The maximum atomic E-state index is 12.8. The summed E-state index contributed by atoms with van der Waals surface area (Å²) in [6.45, 7) is 5.80. The molecule has 1 amide bonds. The van der Waals surface area contributed by atoms with Gasteiger partial charge in [0.1, 0.15) is 0 Å². The summed E-state index contributed by atoms with van der Waals surface area (Å²) >= 11 is 0. The Kier molecular flexibility index (Phi) is 4.89. The first kappa shape index (κ1) is 17.9. The Morgan fingerprint density at radius 2 is 2.04 bits per heavy atom. The second kappa shape index (κ2) is 7.12. The third kappa shape index (κ3) is 3.25. The molecule has 5 heteroatoms. The quantitative estimate of drug-likeness (QED) is 0.888. The average Bonchev–Trinajstić information content (AvgIpc) is 2.87. The van der Waals surface area contributed by atoms with Crippen LogP contribution in [0.5, 0.6) is 0 Å². The number of pyridine rings is 1. The van der Waals surface area contributed by atoms with Crippen LogP contribution in [-0.4, -0.2) is 21.8 Å². The fraction of sp³-hybridized carbons (Fsp3) is 0.286. The van der Waals surface area contributed by atoms with E-state index in [0.717, 1.165) is 5.56 Å². The second-order valence-electron chi connectivity index (χ2n) is 6.99. The van der Waals surface area contributed by atoms with Crippen LogP contribution in [0.2, 0.25) is 0 Å². The SMILES string of the molecule is Cc1cccc(N2C(=O)C(O)=C(C(=O)CC(C)C)C2c2cccnc2)c1. The van der Waals surface area contributed by atoms with Crippen molar-refractivity contribution in [3.05, 3.63) is 71.3 Å². The van der Waals surface area contributed by atoms with Gasteiger partial charge in [0.15, 0.2) is 11.5 Å².